The summed E-state index contributed by atoms with van der Waals surface area (Å²) in [4.78, 5) is 12.2. The first-order chi connectivity index (χ1) is 9.44. The second-order valence-electron chi connectivity index (χ2n) is 6.05. The Morgan fingerprint density at radius 1 is 1.50 bits per heavy atom. The number of amides is 1. The normalized spacial score (nSPS) is 19.1. The van der Waals surface area contributed by atoms with Gasteiger partial charge in [-0.05, 0) is 56.6 Å². The third-order valence-corrected chi connectivity index (χ3v) is 4.64. The van der Waals surface area contributed by atoms with Gasteiger partial charge in [0.05, 0.1) is 5.60 Å². The van der Waals surface area contributed by atoms with Gasteiger partial charge >= 0.3 is 0 Å². The monoisotopic (exact) mass is 293 g/mol. The molecule has 0 unspecified atom stereocenters. The zero-order valence-corrected chi connectivity index (χ0v) is 13.0. The quantitative estimate of drug-likeness (QED) is 0.877. The summed E-state index contributed by atoms with van der Waals surface area (Å²) in [7, 11) is 0. The molecule has 20 heavy (non-hydrogen) atoms. The number of thioether (sulfide) groups is 1. The van der Waals surface area contributed by atoms with Crippen LogP contribution in [0.4, 0.5) is 0 Å². The Hall–Kier alpha value is -1.00. The van der Waals surface area contributed by atoms with Gasteiger partial charge in [-0.1, -0.05) is 12.1 Å². The van der Waals surface area contributed by atoms with Gasteiger partial charge in [0.15, 0.2) is 0 Å². The summed E-state index contributed by atoms with van der Waals surface area (Å²) in [6, 6.07) is 8.02. The van der Waals surface area contributed by atoms with E-state index in [2.05, 4.69) is 5.32 Å². The van der Waals surface area contributed by atoms with Crippen LogP contribution in [0, 0.1) is 0 Å². The molecule has 1 aromatic rings. The highest BCUT2D eigenvalue weighted by Crippen LogP contribution is 2.18. The molecule has 0 saturated carbocycles. The summed E-state index contributed by atoms with van der Waals surface area (Å²) in [5.41, 5.74) is 1.15. The minimum absolute atomic E-state index is 0.0163. The largest absolute Gasteiger partial charge is 0.390 e. The molecule has 1 fully saturated rings. The van der Waals surface area contributed by atoms with Gasteiger partial charge < -0.3 is 10.4 Å². The molecular formula is C16H23NO2S. The van der Waals surface area contributed by atoms with Crippen molar-refractivity contribution in [3.63, 3.8) is 0 Å². The zero-order valence-electron chi connectivity index (χ0n) is 12.2. The first-order valence-electron chi connectivity index (χ1n) is 7.14. The van der Waals surface area contributed by atoms with Crippen molar-refractivity contribution in [3.8, 4) is 0 Å². The summed E-state index contributed by atoms with van der Waals surface area (Å²) in [5, 5.41) is 12.9. The van der Waals surface area contributed by atoms with Crippen molar-refractivity contribution in [1.82, 2.24) is 5.32 Å². The van der Waals surface area contributed by atoms with Gasteiger partial charge in [-0.2, -0.15) is 11.8 Å². The molecule has 2 N–H and O–H groups in total. The fourth-order valence-corrected chi connectivity index (χ4v) is 3.39. The van der Waals surface area contributed by atoms with E-state index < -0.39 is 5.60 Å². The van der Waals surface area contributed by atoms with Crippen molar-refractivity contribution in [2.24, 2.45) is 0 Å². The van der Waals surface area contributed by atoms with Gasteiger partial charge in [0.25, 0.3) is 5.91 Å². The Bertz CT molecular complexity index is 462. The van der Waals surface area contributed by atoms with E-state index in [0.717, 1.165) is 35.5 Å². The summed E-state index contributed by atoms with van der Waals surface area (Å²) in [6.07, 6.45) is 2.54. The van der Waals surface area contributed by atoms with Crippen LogP contribution in [-0.4, -0.2) is 34.2 Å². The number of hydrogen-bond donors (Lipinski definition) is 2. The molecule has 1 saturated heterocycles. The van der Waals surface area contributed by atoms with Gasteiger partial charge in [-0.3, -0.25) is 4.79 Å². The molecule has 2 rings (SSSR count). The van der Waals surface area contributed by atoms with E-state index >= 15 is 0 Å². The molecule has 0 aromatic heterocycles. The molecule has 110 valence electrons. The predicted octanol–water partition coefficient (Wildman–Crippen LogP) is 2.63. The number of rotatable bonds is 5. The molecule has 0 spiro atoms. The number of carbonyl (C=O) groups excluding carboxylic acids is 1. The number of benzene rings is 1. The van der Waals surface area contributed by atoms with Crippen molar-refractivity contribution in [1.29, 1.82) is 0 Å². The van der Waals surface area contributed by atoms with Crippen molar-refractivity contribution in [2.75, 3.05) is 11.5 Å². The lowest BCUT2D eigenvalue weighted by atomic mass is 9.98. The number of aliphatic hydroxyl groups is 1. The smallest absolute Gasteiger partial charge is 0.251 e. The Labute approximate surface area is 125 Å². The van der Waals surface area contributed by atoms with Crippen LogP contribution in [0.5, 0.6) is 0 Å². The lowest BCUT2D eigenvalue weighted by Crippen LogP contribution is -2.34. The molecule has 0 bridgehead atoms. The van der Waals surface area contributed by atoms with Crippen molar-refractivity contribution in [3.05, 3.63) is 35.4 Å². The van der Waals surface area contributed by atoms with Crippen LogP contribution < -0.4 is 5.32 Å². The molecule has 1 aliphatic rings. The molecule has 1 aliphatic heterocycles. The second kappa shape index (κ2) is 6.64. The van der Waals surface area contributed by atoms with E-state index in [0.29, 0.717) is 12.5 Å². The molecule has 4 heteroatoms. The first-order valence-corrected chi connectivity index (χ1v) is 8.29. The molecule has 1 aromatic carbocycles. The molecule has 1 heterocycles. The average Bonchev–Trinajstić information content (AvgIpc) is 2.89. The highest BCUT2D eigenvalue weighted by Gasteiger charge is 2.18. The molecule has 1 amide bonds. The van der Waals surface area contributed by atoms with Gasteiger partial charge in [0, 0.05) is 17.4 Å². The van der Waals surface area contributed by atoms with Crippen LogP contribution in [-0.2, 0) is 6.42 Å². The van der Waals surface area contributed by atoms with Gasteiger partial charge in [-0.25, -0.2) is 0 Å². The van der Waals surface area contributed by atoms with Crippen molar-refractivity contribution in [2.45, 2.75) is 44.8 Å². The second-order valence-corrected chi connectivity index (χ2v) is 7.20. The molecule has 0 aliphatic carbocycles. The van der Waals surface area contributed by atoms with Crippen LogP contribution in [0.15, 0.2) is 24.3 Å². The Morgan fingerprint density at radius 2 is 2.30 bits per heavy atom. The van der Waals surface area contributed by atoms with Crippen LogP contribution in [0.25, 0.3) is 0 Å². The molecule has 3 nitrogen and oxygen atoms in total. The van der Waals surface area contributed by atoms with Crippen LogP contribution in [0.2, 0.25) is 0 Å². The number of hydrogen-bond acceptors (Lipinski definition) is 3. The maximum Gasteiger partial charge on any atom is 0.251 e. The Kier molecular flexibility index (Phi) is 5.11. The lowest BCUT2D eigenvalue weighted by Gasteiger charge is -2.17. The fraction of sp³-hybridized carbons (Fsp3) is 0.562. The molecule has 0 radical (unpaired) electrons. The average molecular weight is 293 g/mol. The Morgan fingerprint density at radius 3 is 2.95 bits per heavy atom. The van der Waals surface area contributed by atoms with Gasteiger partial charge in [0.2, 0.25) is 0 Å². The van der Waals surface area contributed by atoms with E-state index in [-0.39, 0.29) is 5.91 Å². The third-order valence-electron chi connectivity index (χ3n) is 3.48. The highest BCUT2D eigenvalue weighted by molar-refractivity contribution is 7.99. The van der Waals surface area contributed by atoms with E-state index in [4.69, 9.17) is 0 Å². The maximum atomic E-state index is 12.2. The van der Waals surface area contributed by atoms with E-state index in [9.17, 15) is 9.90 Å². The van der Waals surface area contributed by atoms with Crippen molar-refractivity contribution >= 4 is 17.7 Å². The minimum atomic E-state index is -0.667. The molecule has 1 atom stereocenters. The highest BCUT2D eigenvalue weighted by atomic mass is 32.2. The first kappa shape index (κ1) is 15.4. The topological polar surface area (TPSA) is 49.3 Å². The van der Waals surface area contributed by atoms with Crippen LogP contribution >= 0.6 is 11.8 Å². The predicted molar refractivity (Wildman–Crippen MR) is 84.3 cm³/mol. The number of aryl methyl sites for hydroxylation is 1. The van der Waals surface area contributed by atoms with E-state index in [1.54, 1.807) is 13.8 Å². The number of carbonyl (C=O) groups is 1. The zero-order chi connectivity index (χ0) is 14.6. The summed E-state index contributed by atoms with van der Waals surface area (Å²) >= 11 is 1.89. The van der Waals surface area contributed by atoms with Gasteiger partial charge in [-0.15, -0.1) is 0 Å². The fourth-order valence-electron chi connectivity index (χ4n) is 2.24. The third kappa shape index (κ3) is 4.84. The summed E-state index contributed by atoms with van der Waals surface area (Å²) in [6.45, 7) is 3.61. The standard InChI is InChI=1S/C16H23NO2S/c1-16(2,19)8-6-12-4-3-5-13(10-12)15(18)17-14-7-9-20-11-14/h3-5,10,14,19H,6-9,11H2,1-2H3,(H,17,18)/t14-/m1/s1. The lowest BCUT2D eigenvalue weighted by molar-refractivity contribution is 0.0714. The van der Waals surface area contributed by atoms with Gasteiger partial charge in [0.1, 0.15) is 0 Å². The Balaban J connectivity index is 1.95. The summed E-state index contributed by atoms with van der Waals surface area (Å²) in [5.74, 6) is 2.17. The molecular weight excluding hydrogens is 270 g/mol. The van der Waals surface area contributed by atoms with Crippen molar-refractivity contribution < 1.29 is 9.90 Å². The van der Waals surface area contributed by atoms with Crippen LogP contribution in [0.1, 0.15) is 42.6 Å². The SMILES string of the molecule is CC(C)(O)CCc1cccc(C(=O)N[C@@H]2CCSC2)c1. The minimum Gasteiger partial charge on any atom is -0.390 e. The summed E-state index contributed by atoms with van der Waals surface area (Å²) < 4.78 is 0. The van der Waals surface area contributed by atoms with E-state index in [1.165, 1.54) is 0 Å². The number of nitrogens with one attached hydrogen (secondary N) is 1. The maximum absolute atomic E-state index is 12.2. The van der Waals surface area contributed by atoms with Crippen LogP contribution in [0.3, 0.4) is 0 Å². The van der Waals surface area contributed by atoms with E-state index in [1.807, 2.05) is 36.0 Å².